The molecule has 0 spiro atoms. The lowest BCUT2D eigenvalue weighted by Crippen LogP contribution is -2.37. The van der Waals surface area contributed by atoms with Crippen molar-refractivity contribution in [2.75, 3.05) is 0 Å². The van der Waals surface area contributed by atoms with Crippen molar-refractivity contribution in [2.45, 2.75) is 39.7 Å². The van der Waals surface area contributed by atoms with E-state index in [1.165, 1.54) is 12.1 Å². The van der Waals surface area contributed by atoms with E-state index >= 15 is 0 Å². The normalized spacial score (nSPS) is 12.9. The van der Waals surface area contributed by atoms with Crippen LogP contribution in [-0.4, -0.2) is 0 Å². The first-order chi connectivity index (χ1) is 5.79. The highest BCUT2D eigenvalue weighted by Crippen LogP contribution is 2.13. The van der Waals surface area contributed by atoms with Crippen molar-refractivity contribution in [3.8, 4) is 0 Å². The Kier molecular flexibility index (Phi) is 3.27. The molecule has 1 aromatic heterocycles. The van der Waals surface area contributed by atoms with E-state index in [1.807, 2.05) is 0 Å². The van der Waals surface area contributed by atoms with E-state index in [2.05, 4.69) is 49.7 Å². The van der Waals surface area contributed by atoms with Crippen molar-refractivity contribution in [3.05, 3.63) is 30.1 Å². The predicted molar refractivity (Wildman–Crippen MR) is 51.0 cm³/mol. The summed E-state index contributed by atoms with van der Waals surface area (Å²) in [5, 5.41) is 0. The van der Waals surface area contributed by atoms with E-state index < -0.39 is 0 Å². The molecule has 0 saturated heterocycles. The first-order valence-corrected chi connectivity index (χ1v) is 4.78. The van der Waals surface area contributed by atoms with Gasteiger partial charge in [-0.3, -0.25) is 0 Å². The summed E-state index contributed by atoms with van der Waals surface area (Å²) >= 11 is 0. The van der Waals surface area contributed by atoms with Crippen LogP contribution in [0.25, 0.3) is 0 Å². The van der Waals surface area contributed by atoms with E-state index in [1.54, 1.807) is 0 Å². The first kappa shape index (κ1) is 9.24. The molecule has 0 amide bonds. The third-order valence-electron chi connectivity index (χ3n) is 2.43. The van der Waals surface area contributed by atoms with Gasteiger partial charge < -0.3 is 0 Å². The van der Waals surface area contributed by atoms with Crippen LogP contribution in [0.5, 0.6) is 0 Å². The lowest BCUT2D eigenvalue weighted by atomic mass is 10.0. The van der Waals surface area contributed by atoms with Crippen LogP contribution in [0.1, 0.15) is 38.8 Å². The molecule has 1 heteroatoms. The van der Waals surface area contributed by atoms with Crippen LogP contribution in [0.15, 0.2) is 24.4 Å². The summed E-state index contributed by atoms with van der Waals surface area (Å²) in [7, 11) is 0. The minimum absolute atomic E-state index is 0.672. The van der Waals surface area contributed by atoms with Crippen molar-refractivity contribution >= 4 is 0 Å². The topological polar surface area (TPSA) is 3.88 Å². The third kappa shape index (κ3) is 1.84. The molecule has 0 saturated carbocycles. The molecule has 1 unspecified atom stereocenters. The molecule has 1 heterocycles. The molecule has 1 nitrogen and oxygen atoms in total. The van der Waals surface area contributed by atoms with Gasteiger partial charge in [0.25, 0.3) is 0 Å². The van der Waals surface area contributed by atoms with Gasteiger partial charge in [-0.1, -0.05) is 19.9 Å². The number of aryl methyl sites for hydroxylation is 1. The molecule has 0 radical (unpaired) electrons. The number of nitrogens with zero attached hydrogens (tertiary/aromatic N) is 1. The Morgan fingerprint density at radius 1 is 1.33 bits per heavy atom. The zero-order valence-corrected chi connectivity index (χ0v) is 8.25. The maximum Gasteiger partial charge on any atom is 0.184 e. The maximum atomic E-state index is 2.31. The van der Waals surface area contributed by atoms with Crippen molar-refractivity contribution in [2.24, 2.45) is 0 Å². The van der Waals surface area contributed by atoms with Crippen LogP contribution in [0.2, 0.25) is 0 Å². The molecule has 0 N–H and O–H groups in total. The monoisotopic (exact) mass is 164 g/mol. The van der Waals surface area contributed by atoms with E-state index in [9.17, 15) is 0 Å². The molecular formula is C11H18N+. The average Bonchev–Trinajstić information content (AvgIpc) is 2.16. The standard InChI is InChI=1S/C11H18N/c1-4-10(3)11-8-6-7-9-12(11)5-2/h6-10H,4-5H2,1-3H3/q+1. The molecule has 0 aliphatic rings. The average molecular weight is 164 g/mol. The van der Waals surface area contributed by atoms with Crippen molar-refractivity contribution in [1.29, 1.82) is 0 Å². The van der Waals surface area contributed by atoms with Crippen LogP contribution in [0.4, 0.5) is 0 Å². The van der Waals surface area contributed by atoms with Crippen LogP contribution >= 0.6 is 0 Å². The van der Waals surface area contributed by atoms with Gasteiger partial charge in [-0.25, -0.2) is 4.57 Å². The Labute approximate surface area is 75.1 Å². The van der Waals surface area contributed by atoms with E-state index in [0.29, 0.717) is 5.92 Å². The molecular weight excluding hydrogens is 146 g/mol. The molecule has 0 aliphatic heterocycles. The molecule has 1 aromatic rings. The lowest BCUT2D eigenvalue weighted by molar-refractivity contribution is -0.702. The Balaban J connectivity index is 2.96. The SMILES string of the molecule is CCC(C)c1cccc[n+]1CC. The Morgan fingerprint density at radius 2 is 2.08 bits per heavy atom. The molecule has 0 bridgehead atoms. The number of pyridine rings is 1. The second-order valence-corrected chi connectivity index (χ2v) is 3.22. The van der Waals surface area contributed by atoms with Gasteiger partial charge in [0.1, 0.15) is 6.54 Å². The summed E-state index contributed by atoms with van der Waals surface area (Å²) in [6.45, 7) is 7.77. The van der Waals surface area contributed by atoms with E-state index in [4.69, 9.17) is 0 Å². The van der Waals surface area contributed by atoms with Crippen LogP contribution in [0.3, 0.4) is 0 Å². The molecule has 1 atom stereocenters. The van der Waals surface area contributed by atoms with E-state index in [-0.39, 0.29) is 0 Å². The summed E-state index contributed by atoms with van der Waals surface area (Å²) in [4.78, 5) is 0. The molecule has 0 aliphatic carbocycles. The van der Waals surface area contributed by atoms with Crippen LogP contribution < -0.4 is 4.57 Å². The van der Waals surface area contributed by atoms with Gasteiger partial charge >= 0.3 is 0 Å². The smallest absolute Gasteiger partial charge is 0.184 e. The minimum Gasteiger partial charge on any atom is -0.203 e. The summed E-state index contributed by atoms with van der Waals surface area (Å²) in [6, 6.07) is 6.43. The molecule has 1 rings (SSSR count). The zero-order valence-electron chi connectivity index (χ0n) is 8.25. The van der Waals surface area contributed by atoms with Gasteiger partial charge in [0.2, 0.25) is 0 Å². The summed E-state index contributed by atoms with van der Waals surface area (Å²) < 4.78 is 2.31. The van der Waals surface area contributed by atoms with Gasteiger partial charge in [-0.15, -0.1) is 0 Å². The molecule has 66 valence electrons. The molecule has 0 aromatic carbocycles. The fourth-order valence-electron chi connectivity index (χ4n) is 1.43. The van der Waals surface area contributed by atoms with Crippen molar-refractivity contribution in [3.63, 3.8) is 0 Å². The second-order valence-electron chi connectivity index (χ2n) is 3.22. The highest BCUT2D eigenvalue weighted by Gasteiger charge is 2.13. The number of aromatic nitrogens is 1. The number of hydrogen-bond acceptors (Lipinski definition) is 0. The number of hydrogen-bond donors (Lipinski definition) is 0. The van der Waals surface area contributed by atoms with Gasteiger partial charge in [-0.05, 0) is 13.3 Å². The zero-order chi connectivity index (χ0) is 8.97. The Bertz CT molecular complexity index is 243. The lowest BCUT2D eigenvalue weighted by Gasteiger charge is -2.06. The fraction of sp³-hybridized carbons (Fsp3) is 0.545. The molecule has 12 heavy (non-hydrogen) atoms. The Hall–Kier alpha value is -0.850. The van der Waals surface area contributed by atoms with Gasteiger partial charge in [0, 0.05) is 18.1 Å². The maximum absolute atomic E-state index is 2.31. The fourth-order valence-corrected chi connectivity index (χ4v) is 1.43. The highest BCUT2D eigenvalue weighted by molar-refractivity contribution is 5.02. The quantitative estimate of drug-likeness (QED) is 0.604. The van der Waals surface area contributed by atoms with Gasteiger partial charge in [0.15, 0.2) is 11.9 Å². The summed E-state index contributed by atoms with van der Waals surface area (Å²) in [5.41, 5.74) is 1.45. The number of rotatable bonds is 3. The first-order valence-electron chi connectivity index (χ1n) is 4.78. The van der Waals surface area contributed by atoms with Crippen molar-refractivity contribution < 1.29 is 4.57 Å². The largest absolute Gasteiger partial charge is 0.203 e. The molecule has 0 fully saturated rings. The van der Waals surface area contributed by atoms with Gasteiger partial charge in [-0.2, -0.15) is 0 Å². The third-order valence-corrected chi connectivity index (χ3v) is 2.43. The van der Waals surface area contributed by atoms with Crippen molar-refractivity contribution in [1.82, 2.24) is 0 Å². The van der Waals surface area contributed by atoms with E-state index in [0.717, 1.165) is 6.54 Å². The summed E-state index contributed by atoms with van der Waals surface area (Å²) in [5.74, 6) is 0.672. The van der Waals surface area contributed by atoms with Crippen LogP contribution in [0, 0.1) is 0 Å². The minimum atomic E-state index is 0.672. The Morgan fingerprint density at radius 3 is 2.67 bits per heavy atom. The van der Waals surface area contributed by atoms with Gasteiger partial charge in [0.05, 0.1) is 0 Å². The predicted octanol–water partition coefficient (Wildman–Crippen LogP) is 2.51. The highest BCUT2D eigenvalue weighted by atomic mass is 14.9. The summed E-state index contributed by atoms with van der Waals surface area (Å²) in [6.07, 6.45) is 3.37. The van der Waals surface area contributed by atoms with Crippen LogP contribution in [-0.2, 0) is 6.54 Å². The second kappa shape index (κ2) is 4.24.